The molecular weight excluding hydrogens is 240 g/mol. The first-order chi connectivity index (χ1) is 9.13. The van der Waals surface area contributed by atoms with Gasteiger partial charge in [-0.05, 0) is 25.5 Å². The zero-order valence-electron chi connectivity index (χ0n) is 11.7. The van der Waals surface area contributed by atoms with Gasteiger partial charge >= 0.3 is 0 Å². The third-order valence-electron chi connectivity index (χ3n) is 3.41. The summed E-state index contributed by atoms with van der Waals surface area (Å²) in [6.45, 7) is 4.32. The van der Waals surface area contributed by atoms with Gasteiger partial charge in [-0.3, -0.25) is 20.6 Å². The summed E-state index contributed by atoms with van der Waals surface area (Å²) in [6.07, 6.45) is 5.74. The predicted octanol–water partition coefficient (Wildman–Crippen LogP) is 1.33. The van der Waals surface area contributed by atoms with E-state index in [-0.39, 0.29) is 6.04 Å². The SMILES string of the molecule is CCC(C)n1ccc(CC(NN)c2ccn(C)n2)n1. The Morgan fingerprint density at radius 1 is 1.32 bits per heavy atom. The summed E-state index contributed by atoms with van der Waals surface area (Å²) in [5.74, 6) is 5.62. The van der Waals surface area contributed by atoms with E-state index in [1.165, 1.54) is 0 Å². The minimum atomic E-state index is -0.0125. The standard InChI is InChI=1S/C13H22N6/c1-4-10(2)19-8-5-11(16-19)9-13(15-14)12-6-7-18(3)17-12/h5-8,10,13,15H,4,9,14H2,1-3H3. The van der Waals surface area contributed by atoms with Gasteiger partial charge in [-0.15, -0.1) is 0 Å². The largest absolute Gasteiger partial charge is 0.275 e. The Morgan fingerprint density at radius 3 is 2.68 bits per heavy atom. The monoisotopic (exact) mass is 262 g/mol. The molecule has 0 saturated carbocycles. The number of rotatable bonds is 6. The fourth-order valence-electron chi connectivity index (χ4n) is 2.00. The second-order valence-corrected chi connectivity index (χ2v) is 4.88. The Hall–Kier alpha value is -1.66. The Labute approximate surface area is 113 Å². The molecule has 0 bridgehead atoms. The maximum atomic E-state index is 5.62. The molecule has 0 aromatic carbocycles. The summed E-state index contributed by atoms with van der Waals surface area (Å²) < 4.78 is 3.78. The van der Waals surface area contributed by atoms with Gasteiger partial charge < -0.3 is 0 Å². The number of aromatic nitrogens is 4. The average Bonchev–Trinajstić information content (AvgIpc) is 3.04. The summed E-state index contributed by atoms with van der Waals surface area (Å²) in [4.78, 5) is 0. The minimum Gasteiger partial charge on any atom is -0.275 e. The summed E-state index contributed by atoms with van der Waals surface area (Å²) >= 11 is 0. The van der Waals surface area contributed by atoms with Crippen molar-refractivity contribution in [1.29, 1.82) is 0 Å². The highest BCUT2D eigenvalue weighted by atomic mass is 15.3. The van der Waals surface area contributed by atoms with Crippen LogP contribution in [0, 0.1) is 0 Å². The molecular formula is C13H22N6. The number of aryl methyl sites for hydroxylation is 1. The third kappa shape index (κ3) is 3.21. The first-order valence-corrected chi connectivity index (χ1v) is 6.63. The van der Waals surface area contributed by atoms with E-state index in [1.807, 2.05) is 36.3 Å². The molecule has 2 aromatic rings. The molecule has 2 atom stereocenters. The highest BCUT2D eigenvalue weighted by Crippen LogP contribution is 2.16. The maximum Gasteiger partial charge on any atom is 0.0811 e. The van der Waals surface area contributed by atoms with Crippen molar-refractivity contribution in [2.45, 2.75) is 38.8 Å². The van der Waals surface area contributed by atoms with Gasteiger partial charge in [0.25, 0.3) is 0 Å². The van der Waals surface area contributed by atoms with Crippen LogP contribution in [0.4, 0.5) is 0 Å². The lowest BCUT2D eigenvalue weighted by molar-refractivity contribution is 0.465. The molecule has 0 aliphatic carbocycles. The molecule has 6 nitrogen and oxygen atoms in total. The summed E-state index contributed by atoms with van der Waals surface area (Å²) in [5.41, 5.74) is 4.76. The fourth-order valence-corrected chi connectivity index (χ4v) is 2.00. The molecule has 2 heterocycles. The number of nitrogens with one attached hydrogen (secondary N) is 1. The molecule has 6 heteroatoms. The van der Waals surface area contributed by atoms with Crippen LogP contribution in [0.3, 0.4) is 0 Å². The van der Waals surface area contributed by atoms with Crippen molar-refractivity contribution in [2.75, 3.05) is 0 Å². The average molecular weight is 262 g/mol. The van der Waals surface area contributed by atoms with Gasteiger partial charge in [0.15, 0.2) is 0 Å². The molecule has 0 radical (unpaired) electrons. The van der Waals surface area contributed by atoms with Crippen molar-refractivity contribution >= 4 is 0 Å². The van der Waals surface area contributed by atoms with Gasteiger partial charge in [0, 0.05) is 31.9 Å². The highest BCUT2D eigenvalue weighted by Gasteiger charge is 2.15. The zero-order chi connectivity index (χ0) is 13.8. The smallest absolute Gasteiger partial charge is 0.0811 e. The molecule has 0 spiro atoms. The van der Waals surface area contributed by atoms with Crippen LogP contribution in [-0.4, -0.2) is 19.6 Å². The van der Waals surface area contributed by atoms with Crippen LogP contribution in [0.5, 0.6) is 0 Å². The van der Waals surface area contributed by atoms with Crippen molar-refractivity contribution in [3.8, 4) is 0 Å². The summed E-state index contributed by atoms with van der Waals surface area (Å²) in [7, 11) is 1.90. The van der Waals surface area contributed by atoms with Crippen LogP contribution >= 0.6 is 0 Å². The molecule has 19 heavy (non-hydrogen) atoms. The lowest BCUT2D eigenvalue weighted by atomic mass is 10.1. The Morgan fingerprint density at radius 2 is 2.11 bits per heavy atom. The topological polar surface area (TPSA) is 73.7 Å². The first kappa shape index (κ1) is 13.8. The molecule has 3 N–H and O–H groups in total. The van der Waals surface area contributed by atoms with Crippen LogP contribution in [0.15, 0.2) is 24.5 Å². The quantitative estimate of drug-likeness (QED) is 0.608. The number of hydrogen-bond acceptors (Lipinski definition) is 4. The predicted molar refractivity (Wildman–Crippen MR) is 74.2 cm³/mol. The summed E-state index contributed by atoms with van der Waals surface area (Å²) in [6, 6.07) is 4.42. The Bertz CT molecular complexity index is 515. The van der Waals surface area contributed by atoms with Crippen molar-refractivity contribution in [3.05, 3.63) is 35.9 Å². The van der Waals surface area contributed by atoms with Gasteiger partial charge in [0.1, 0.15) is 0 Å². The van der Waals surface area contributed by atoms with E-state index in [4.69, 9.17) is 5.84 Å². The van der Waals surface area contributed by atoms with Crippen molar-refractivity contribution in [2.24, 2.45) is 12.9 Å². The van der Waals surface area contributed by atoms with E-state index in [9.17, 15) is 0 Å². The van der Waals surface area contributed by atoms with Gasteiger partial charge in [0.2, 0.25) is 0 Å². The second-order valence-electron chi connectivity index (χ2n) is 4.88. The van der Waals surface area contributed by atoms with E-state index in [1.54, 1.807) is 4.68 Å². The fraction of sp³-hybridized carbons (Fsp3) is 0.538. The highest BCUT2D eigenvalue weighted by molar-refractivity contribution is 5.11. The van der Waals surface area contributed by atoms with E-state index >= 15 is 0 Å². The molecule has 0 aliphatic heterocycles. The molecule has 0 amide bonds. The lowest BCUT2D eigenvalue weighted by Gasteiger charge is -2.12. The summed E-state index contributed by atoms with van der Waals surface area (Å²) in [5, 5.41) is 8.96. The van der Waals surface area contributed by atoms with Gasteiger partial charge in [-0.25, -0.2) is 0 Å². The lowest BCUT2D eigenvalue weighted by Crippen LogP contribution is -2.30. The number of nitrogens with zero attached hydrogens (tertiary/aromatic N) is 4. The van der Waals surface area contributed by atoms with Crippen LogP contribution in [0.2, 0.25) is 0 Å². The Kier molecular flexibility index (Phi) is 4.34. The number of hydrogen-bond donors (Lipinski definition) is 2. The molecule has 104 valence electrons. The van der Waals surface area contributed by atoms with Crippen molar-refractivity contribution < 1.29 is 0 Å². The first-order valence-electron chi connectivity index (χ1n) is 6.63. The van der Waals surface area contributed by atoms with Crippen LogP contribution in [-0.2, 0) is 13.5 Å². The molecule has 2 unspecified atom stereocenters. The molecule has 2 rings (SSSR count). The van der Waals surface area contributed by atoms with Crippen molar-refractivity contribution in [3.63, 3.8) is 0 Å². The number of hydrazine groups is 1. The zero-order valence-corrected chi connectivity index (χ0v) is 11.7. The minimum absolute atomic E-state index is 0.0125. The van der Waals surface area contributed by atoms with Crippen LogP contribution in [0.25, 0.3) is 0 Å². The van der Waals surface area contributed by atoms with E-state index in [0.717, 1.165) is 24.2 Å². The number of nitrogens with two attached hydrogens (primary N) is 1. The van der Waals surface area contributed by atoms with Crippen LogP contribution in [0.1, 0.15) is 43.7 Å². The molecule has 0 saturated heterocycles. The van der Waals surface area contributed by atoms with Crippen LogP contribution < -0.4 is 11.3 Å². The van der Waals surface area contributed by atoms with E-state index in [0.29, 0.717) is 6.04 Å². The van der Waals surface area contributed by atoms with Gasteiger partial charge in [-0.1, -0.05) is 6.92 Å². The van der Waals surface area contributed by atoms with Gasteiger partial charge in [-0.2, -0.15) is 10.2 Å². The third-order valence-corrected chi connectivity index (χ3v) is 3.41. The maximum absolute atomic E-state index is 5.62. The molecule has 2 aromatic heterocycles. The van der Waals surface area contributed by atoms with Crippen molar-refractivity contribution in [1.82, 2.24) is 25.0 Å². The second kappa shape index (κ2) is 5.99. The van der Waals surface area contributed by atoms with E-state index in [2.05, 4.69) is 29.5 Å². The normalized spacial score (nSPS) is 14.5. The molecule has 0 fully saturated rings. The van der Waals surface area contributed by atoms with E-state index < -0.39 is 0 Å². The van der Waals surface area contributed by atoms with Gasteiger partial charge in [0.05, 0.1) is 17.4 Å². The molecule has 0 aliphatic rings. The Balaban J connectivity index is 2.08.